The van der Waals surface area contributed by atoms with Crippen molar-refractivity contribution >= 4 is 36.8 Å². The molecule has 0 N–H and O–H groups in total. The van der Waals surface area contributed by atoms with Crippen LogP contribution in [0.1, 0.15) is 11.1 Å². The monoisotopic (exact) mass is 390 g/mol. The molecule has 23 heavy (non-hydrogen) atoms. The molecule has 0 atom stereocenters. The molecule has 118 valence electrons. The van der Waals surface area contributed by atoms with Crippen molar-refractivity contribution in [3.8, 4) is 5.75 Å². The lowest BCUT2D eigenvalue weighted by molar-refractivity contribution is 0.486. The summed E-state index contributed by atoms with van der Waals surface area (Å²) in [6.45, 7) is 3.67. The van der Waals surface area contributed by atoms with Gasteiger partial charge in [-0.05, 0) is 53.9 Å². The second kappa shape index (κ2) is 5.98. The van der Waals surface area contributed by atoms with Gasteiger partial charge < -0.3 is 4.18 Å². The van der Waals surface area contributed by atoms with Gasteiger partial charge in [0.25, 0.3) is 0 Å². The fourth-order valence-corrected chi connectivity index (χ4v) is 4.12. The van der Waals surface area contributed by atoms with E-state index in [1.807, 2.05) is 43.3 Å². The topological polar surface area (TPSA) is 43.4 Å². The van der Waals surface area contributed by atoms with Crippen LogP contribution < -0.4 is 4.18 Å². The molecule has 3 nitrogen and oxygen atoms in total. The van der Waals surface area contributed by atoms with Gasteiger partial charge in [0.1, 0.15) is 10.6 Å². The molecular weight excluding hydrogens is 376 g/mol. The molecule has 3 aromatic carbocycles. The molecule has 0 radical (unpaired) electrons. The van der Waals surface area contributed by atoms with Crippen LogP contribution in [0.3, 0.4) is 0 Å². The fraction of sp³-hybridized carbons (Fsp3) is 0.111. The van der Waals surface area contributed by atoms with Gasteiger partial charge in [0.05, 0.1) is 0 Å². The Morgan fingerprint density at radius 2 is 1.57 bits per heavy atom. The summed E-state index contributed by atoms with van der Waals surface area (Å²) in [4.78, 5) is 0.170. The van der Waals surface area contributed by atoms with Gasteiger partial charge in [-0.3, -0.25) is 0 Å². The maximum absolute atomic E-state index is 12.6. The number of hydrogen-bond donors (Lipinski definition) is 0. The smallest absolute Gasteiger partial charge is 0.339 e. The lowest BCUT2D eigenvalue weighted by atomic mass is 10.1. The minimum Gasteiger partial charge on any atom is -0.379 e. The molecule has 0 unspecified atom stereocenters. The van der Waals surface area contributed by atoms with E-state index in [9.17, 15) is 8.42 Å². The molecule has 3 aromatic rings. The minimum atomic E-state index is -3.88. The Kier molecular flexibility index (Phi) is 4.17. The van der Waals surface area contributed by atoms with E-state index < -0.39 is 10.1 Å². The first kappa shape index (κ1) is 16.0. The van der Waals surface area contributed by atoms with E-state index in [2.05, 4.69) is 15.9 Å². The number of halogens is 1. The third kappa shape index (κ3) is 3.26. The average Bonchev–Trinajstić information content (AvgIpc) is 2.50. The highest BCUT2D eigenvalue weighted by atomic mass is 79.9. The standard InChI is InChI=1S/C18H15BrO3S/c1-12-9-13(2)18(11-17(12)19)23(20,21)22-16-8-7-14-5-3-4-6-15(14)10-16/h3-11H,1-2H3. The molecule has 0 aromatic heterocycles. The summed E-state index contributed by atoms with van der Waals surface area (Å²) in [5, 5.41) is 1.97. The number of aryl methyl sites for hydroxylation is 2. The van der Waals surface area contributed by atoms with Crippen molar-refractivity contribution in [2.75, 3.05) is 0 Å². The van der Waals surface area contributed by atoms with Crippen LogP contribution in [0.2, 0.25) is 0 Å². The van der Waals surface area contributed by atoms with Gasteiger partial charge in [0, 0.05) is 4.47 Å². The fourth-order valence-electron chi connectivity index (χ4n) is 2.47. The van der Waals surface area contributed by atoms with E-state index in [-0.39, 0.29) is 4.90 Å². The zero-order valence-electron chi connectivity index (χ0n) is 12.7. The first-order valence-electron chi connectivity index (χ1n) is 7.07. The van der Waals surface area contributed by atoms with Gasteiger partial charge in [-0.2, -0.15) is 8.42 Å². The number of rotatable bonds is 3. The summed E-state index contributed by atoms with van der Waals surface area (Å²) in [5.41, 5.74) is 1.64. The highest BCUT2D eigenvalue weighted by Crippen LogP contribution is 2.28. The summed E-state index contributed by atoms with van der Waals surface area (Å²) >= 11 is 3.37. The van der Waals surface area contributed by atoms with Crippen molar-refractivity contribution in [1.82, 2.24) is 0 Å². The minimum absolute atomic E-state index is 0.170. The zero-order chi connectivity index (χ0) is 16.6. The lowest BCUT2D eigenvalue weighted by Gasteiger charge is -2.11. The SMILES string of the molecule is Cc1cc(C)c(S(=O)(=O)Oc2ccc3ccccc3c2)cc1Br. The predicted molar refractivity (Wildman–Crippen MR) is 95.4 cm³/mol. The van der Waals surface area contributed by atoms with Crippen molar-refractivity contribution in [2.24, 2.45) is 0 Å². The highest BCUT2D eigenvalue weighted by molar-refractivity contribution is 9.10. The molecule has 0 aliphatic heterocycles. The molecule has 0 amide bonds. The third-order valence-electron chi connectivity index (χ3n) is 3.65. The summed E-state index contributed by atoms with van der Waals surface area (Å²) in [5.74, 6) is 0.305. The second-order valence-corrected chi connectivity index (χ2v) is 7.78. The summed E-state index contributed by atoms with van der Waals surface area (Å²) in [7, 11) is -3.88. The largest absolute Gasteiger partial charge is 0.379 e. The lowest BCUT2D eigenvalue weighted by Crippen LogP contribution is -2.11. The molecule has 0 aliphatic rings. The Balaban J connectivity index is 2.01. The predicted octanol–water partition coefficient (Wildman–Crippen LogP) is 4.99. The van der Waals surface area contributed by atoms with E-state index in [4.69, 9.17) is 4.18 Å². The van der Waals surface area contributed by atoms with Gasteiger partial charge in [-0.25, -0.2) is 0 Å². The Hall–Kier alpha value is -1.85. The van der Waals surface area contributed by atoms with Crippen molar-refractivity contribution in [2.45, 2.75) is 18.7 Å². The molecule has 0 heterocycles. The normalized spacial score (nSPS) is 11.6. The Morgan fingerprint density at radius 1 is 0.870 bits per heavy atom. The van der Waals surface area contributed by atoms with Crippen molar-refractivity contribution in [3.05, 3.63) is 70.2 Å². The van der Waals surface area contributed by atoms with Crippen LogP contribution in [0.15, 0.2) is 64.0 Å². The van der Waals surface area contributed by atoms with Crippen LogP contribution in [0.5, 0.6) is 5.75 Å². The average molecular weight is 391 g/mol. The maximum Gasteiger partial charge on any atom is 0.339 e. The van der Waals surface area contributed by atoms with Crippen LogP contribution in [-0.4, -0.2) is 8.42 Å². The van der Waals surface area contributed by atoms with Gasteiger partial charge in [-0.15, -0.1) is 0 Å². The van der Waals surface area contributed by atoms with E-state index in [0.29, 0.717) is 11.3 Å². The molecule has 5 heteroatoms. The molecule has 0 aliphatic carbocycles. The first-order valence-corrected chi connectivity index (χ1v) is 9.27. The van der Waals surface area contributed by atoms with Crippen molar-refractivity contribution in [3.63, 3.8) is 0 Å². The maximum atomic E-state index is 12.6. The third-order valence-corrected chi connectivity index (χ3v) is 5.90. The van der Waals surface area contributed by atoms with Crippen LogP contribution in [-0.2, 0) is 10.1 Å². The van der Waals surface area contributed by atoms with E-state index in [1.54, 1.807) is 25.1 Å². The summed E-state index contributed by atoms with van der Waals surface area (Å²) in [6, 6.07) is 16.4. The Bertz CT molecular complexity index is 994. The van der Waals surface area contributed by atoms with Crippen LogP contribution in [0.25, 0.3) is 10.8 Å². The molecule has 0 saturated heterocycles. The van der Waals surface area contributed by atoms with Crippen LogP contribution >= 0.6 is 15.9 Å². The molecule has 0 fully saturated rings. The second-order valence-electron chi connectivity index (χ2n) is 5.41. The first-order chi connectivity index (χ1) is 10.9. The van der Waals surface area contributed by atoms with E-state index >= 15 is 0 Å². The van der Waals surface area contributed by atoms with Gasteiger partial charge in [-0.1, -0.05) is 52.3 Å². The van der Waals surface area contributed by atoms with Crippen molar-refractivity contribution in [1.29, 1.82) is 0 Å². The van der Waals surface area contributed by atoms with E-state index in [1.165, 1.54) is 0 Å². The molecule has 0 saturated carbocycles. The van der Waals surface area contributed by atoms with Gasteiger partial charge >= 0.3 is 10.1 Å². The molecule has 0 bridgehead atoms. The number of benzene rings is 3. The van der Waals surface area contributed by atoms with Gasteiger partial charge in [0.15, 0.2) is 0 Å². The molecule has 3 rings (SSSR count). The quantitative estimate of drug-likeness (QED) is 0.591. The Morgan fingerprint density at radius 3 is 2.30 bits per heavy atom. The number of hydrogen-bond acceptors (Lipinski definition) is 3. The number of fused-ring (bicyclic) bond motifs is 1. The van der Waals surface area contributed by atoms with E-state index in [0.717, 1.165) is 20.8 Å². The van der Waals surface area contributed by atoms with Gasteiger partial charge in [0.2, 0.25) is 0 Å². The molecular formula is C18H15BrO3S. The summed E-state index contributed by atoms with van der Waals surface area (Å²) in [6.07, 6.45) is 0. The van der Waals surface area contributed by atoms with Crippen LogP contribution in [0, 0.1) is 13.8 Å². The highest BCUT2D eigenvalue weighted by Gasteiger charge is 2.20. The summed E-state index contributed by atoms with van der Waals surface area (Å²) < 4.78 is 31.2. The molecule has 0 spiro atoms. The van der Waals surface area contributed by atoms with Crippen LogP contribution in [0.4, 0.5) is 0 Å². The zero-order valence-corrected chi connectivity index (χ0v) is 15.1. The van der Waals surface area contributed by atoms with Crippen molar-refractivity contribution < 1.29 is 12.6 Å². The Labute approximate surface area is 144 Å².